The summed E-state index contributed by atoms with van der Waals surface area (Å²) in [5.74, 6) is -1.84. The molecule has 5 rings (SSSR count). The Morgan fingerprint density at radius 2 is 1.58 bits per heavy atom. The van der Waals surface area contributed by atoms with Crippen LogP contribution in [-0.2, 0) is 14.4 Å². The zero-order chi connectivity index (χ0) is 22.1. The lowest BCUT2D eigenvalue weighted by Crippen LogP contribution is -2.51. The molecule has 5 nitrogen and oxygen atoms in total. The van der Waals surface area contributed by atoms with E-state index in [0.29, 0.717) is 5.69 Å². The Morgan fingerprint density at radius 3 is 2.26 bits per heavy atom. The van der Waals surface area contributed by atoms with Crippen molar-refractivity contribution in [2.24, 2.45) is 17.3 Å². The topological polar surface area (TPSA) is 57.7 Å². The zero-order valence-electron chi connectivity index (χ0n) is 17.6. The SMILES string of the molecule is CC(C)(C)C(=O)[C@H]1[C@H]2C(=O)N(c3ccc(Br)cc3)C(=O)[C@H]2[C@@H]2C=Cc3ccccc3N21. The number of imide groups is 1. The number of carbonyl (C=O) groups excluding carboxylic acids is 3. The minimum absolute atomic E-state index is 0.0195. The van der Waals surface area contributed by atoms with Gasteiger partial charge in [0, 0.05) is 15.6 Å². The average Bonchev–Trinajstić information content (AvgIpc) is 3.21. The summed E-state index contributed by atoms with van der Waals surface area (Å²) in [6.45, 7) is 5.62. The summed E-state index contributed by atoms with van der Waals surface area (Å²) < 4.78 is 0.870. The van der Waals surface area contributed by atoms with Crippen LogP contribution in [0, 0.1) is 17.3 Å². The van der Waals surface area contributed by atoms with Crippen molar-refractivity contribution in [3.63, 3.8) is 0 Å². The lowest BCUT2D eigenvalue weighted by molar-refractivity contribution is -0.132. The number of hydrogen-bond acceptors (Lipinski definition) is 4. The first-order valence-corrected chi connectivity index (χ1v) is 11.2. The molecule has 2 amide bonds. The summed E-state index contributed by atoms with van der Waals surface area (Å²) >= 11 is 3.40. The van der Waals surface area contributed by atoms with Gasteiger partial charge in [-0.1, -0.05) is 67.1 Å². The fraction of sp³-hybridized carbons (Fsp3) is 0.320. The molecule has 2 fully saturated rings. The summed E-state index contributed by atoms with van der Waals surface area (Å²) in [4.78, 5) is 44.2. The number of anilines is 2. The molecule has 0 N–H and O–H groups in total. The van der Waals surface area contributed by atoms with Crippen LogP contribution in [0.15, 0.2) is 59.1 Å². The number of amides is 2. The fourth-order valence-electron chi connectivity index (χ4n) is 5.10. The standard InChI is InChI=1S/C25H23BrN2O3/c1-25(2,3)22(29)21-20-19(18-13-8-14-6-4-5-7-17(14)28(18)21)23(30)27(24(20)31)16-11-9-15(26)10-12-16/h4-13,18-21H,1-3H3/t18-,19-,20-,21+/m0/s1. The number of fused-ring (bicyclic) bond motifs is 5. The Labute approximate surface area is 189 Å². The number of rotatable bonds is 2. The summed E-state index contributed by atoms with van der Waals surface area (Å²) in [5, 5.41) is 0. The molecule has 3 aliphatic rings. The molecule has 2 saturated heterocycles. The van der Waals surface area contributed by atoms with E-state index in [1.54, 1.807) is 12.1 Å². The first-order valence-electron chi connectivity index (χ1n) is 10.4. The van der Waals surface area contributed by atoms with Crippen molar-refractivity contribution in [3.8, 4) is 0 Å². The first kappa shape index (κ1) is 20.2. The molecule has 0 bridgehead atoms. The molecule has 0 saturated carbocycles. The fourth-order valence-corrected chi connectivity index (χ4v) is 5.37. The van der Waals surface area contributed by atoms with Gasteiger partial charge in [-0.3, -0.25) is 14.4 Å². The van der Waals surface area contributed by atoms with Gasteiger partial charge in [0.2, 0.25) is 11.8 Å². The van der Waals surface area contributed by atoms with Gasteiger partial charge in [0.25, 0.3) is 0 Å². The molecule has 2 aromatic carbocycles. The normalized spacial score (nSPS) is 26.7. The molecule has 0 radical (unpaired) electrons. The number of benzene rings is 2. The predicted octanol–water partition coefficient (Wildman–Crippen LogP) is 4.45. The Kier molecular flexibility index (Phi) is 4.49. The molecular formula is C25H23BrN2O3. The van der Waals surface area contributed by atoms with Gasteiger partial charge in [0.15, 0.2) is 5.78 Å². The van der Waals surface area contributed by atoms with E-state index in [0.717, 1.165) is 15.7 Å². The van der Waals surface area contributed by atoms with Gasteiger partial charge in [-0.2, -0.15) is 0 Å². The number of ketones is 1. The van der Waals surface area contributed by atoms with Crippen molar-refractivity contribution in [2.45, 2.75) is 32.9 Å². The van der Waals surface area contributed by atoms with Crippen LogP contribution >= 0.6 is 15.9 Å². The van der Waals surface area contributed by atoms with E-state index < -0.39 is 23.3 Å². The number of nitrogens with zero attached hydrogens (tertiary/aromatic N) is 2. The number of Topliss-reactive ketones (excluding diaryl/α,β-unsaturated/α-hetero) is 1. The van der Waals surface area contributed by atoms with Gasteiger partial charge in [-0.15, -0.1) is 0 Å². The summed E-state index contributed by atoms with van der Waals surface area (Å²) in [7, 11) is 0. The number of halogens is 1. The lowest BCUT2D eigenvalue weighted by Gasteiger charge is -2.38. The van der Waals surface area contributed by atoms with Crippen molar-refractivity contribution >= 4 is 51.0 Å². The molecule has 4 atom stereocenters. The van der Waals surface area contributed by atoms with Gasteiger partial charge < -0.3 is 4.90 Å². The molecule has 2 aromatic rings. The van der Waals surface area contributed by atoms with E-state index in [1.165, 1.54) is 4.90 Å². The maximum Gasteiger partial charge on any atom is 0.240 e. The van der Waals surface area contributed by atoms with E-state index in [9.17, 15) is 14.4 Å². The van der Waals surface area contributed by atoms with Gasteiger partial charge in [0.1, 0.15) is 6.04 Å². The van der Waals surface area contributed by atoms with Crippen LogP contribution in [0.3, 0.4) is 0 Å². The monoisotopic (exact) mass is 478 g/mol. The Balaban J connectivity index is 1.65. The van der Waals surface area contributed by atoms with Gasteiger partial charge in [-0.25, -0.2) is 4.90 Å². The van der Waals surface area contributed by atoms with Crippen molar-refractivity contribution < 1.29 is 14.4 Å². The van der Waals surface area contributed by atoms with Crippen LogP contribution < -0.4 is 9.80 Å². The third-order valence-electron chi connectivity index (χ3n) is 6.51. The highest BCUT2D eigenvalue weighted by Crippen LogP contribution is 2.50. The van der Waals surface area contributed by atoms with Gasteiger partial charge >= 0.3 is 0 Å². The van der Waals surface area contributed by atoms with Gasteiger partial charge in [-0.05, 0) is 35.9 Å². The quantitative estimate of drug-likeness (QED) is 0.598. The summed E-state index contributed by atoms with van der Waals surface area (Å²) in [6.07, 6.45) is 3.98. The predicted molar refractivity (Wildman–Crippen MR) is 124 cm³/mol. The number of para-hydroxylation sites is 1. The molecule has 0 aliphatic carbocycles. The third kappa shape index (κ3) is 2.92. The van der Waals surface area contributed by atoms with Crippen molar-refractivity contribution in [1.29, 1.82) is 0 Å². The van der Waals surface area contributed by atoms with Crippen LogP contribution in [-0.4, -0.2) is 29.7 Å². The first-order chi connectivity index (χ1) is 14.7. The molecule has 6 heteroatoms. The van der Waals surface area contributed by atoms with Crippen LogP contribution in [0.25, 0.3) is 6.08 Å². The summed E-state index contributed by atoms with van der Waals surface area (Å²) in [6, 6.07) is 14.0. The zero-order valence-corrected chi connectivity index (χ0v) is 19.2. The van der Waals surface area contributed by atoms with Crippen LogP contribution in [0.2, 0.25) is 0 Å². The van der Waals surface area contributed by atoms with E-state index in [2.05, 4.69) is 15.9 Å². The van der Waals surface area contributed by atoms with Crippen molar-refractivity contribution in [2.75, 3.05) is 9.80 Å². The number of hydrogen-bond donors (Lipinski definition) is 0. The Hall–Kier alpha value is -2.73. The van der Waals surface area contributed by atoms with E-state index in [4.69, 9.17) is 0 Å². The molecule has 158 valence electrons. The Bertz CT molecular complexity index is 1130. The molecular weight excluding hydrogens is 456 g/mol. The smallest absolute Gasteiger partial charge is 0.240 e. The van der Waals surface area contributed by atoms with E-state index in [-0.39, 0.29) is 23.6 Å². The third-order valence-corrected chi connectivity index (χ3v) is 7.04. The minimum Gasteiger partial charge on any atom is -0.353 e. The lowest BCUT2D eigenvalue weighted by atomic mass is 9.79. The minimum atomic E-state index is -0.705. The van der Waals surface area contributed by atoms with Gasteiger partial charge in [0.05, 0.1) is 23.6 Å². The van der Waals surface area contributed by atoms with Crippen LogP contribution in [0.5, 0.6) is 0 Å². The Morgan fingerprint density at radius 1 is 0.935 bits per heavy atom. The largest absolute Gasteiger partial charge is 0.353 e. The highest BCUT2D eigenvalue weighted by Gasteiger charge is 2.64. The maximum absolute atomic E-state index is 13.7. The maximum atomic E-state index is 13.7. The highest BCUT2D eigenvalue weighted by molar-refractivity contribution is 9.10. The molecule has 0 spiro atoms. The van der Waals surface area contributed by atoms with Crippen LogP contribution in [0.4, 0.5) is 11.4 Å². The van der Waals surface area contributed by atoms with E-state index in [1.807, 2.05) is 74.2 Å². The molecule has 3 heterocycles. The molecule has 31 heavy (non-hydrogen) atoms. The second kappa shape index (κ2) is 6.89. The second-order valence-electron chi connectivity index (χ2n) is 9.41. The van der Waals surface area contributed by atoms with Crippen molar-refractivity contribution in [1.82, 2.24) is 0 Å². The van der Waals surface area contributed by atoms with Crippen molar-refractivity contribution in [3.05, 3.63) is 64.6 Å². The summed E-state index contributed by atoms with van der Waals surface area (Å²) in [5.41, 5.74) is 1.80. The number of carbonyl (C=O) groups is 3. The molecule has 3 aliphatic heterocycles. The van der Waals surface area contributed by atoms with E-state index >= 15 is 0 Å². The average molecular weight is 479 g/mol. The molecule has 0 aromatic heterocycles. The van der Waals surface area contributed by atoms with Crippen LogP contribution in [0.1, 0.15) is 26.3 Å². The highest BCUT2D eigenvalue weighted by atomic mass is 79.9. The second-order valence-corrected chi connectivity index (χ2v) is 10.3. The molecule has 0 unspecified atom stereocenters.